The molecule has 0 aliphatic carbocycles. The summed E-state index contributed by atoms with van der Waals surface area (Å²) in [6.45, 7) is 8.02. The monoisotopic (exact) mass is 683 g/mol. The zero-order valence-corrected chi connectivity index (χ0v) is 26.9. The van der Waals surface area contributed by atoms with E-state index in [9.17, 15) is 22.8 Å². The van der Waals surface area contributed by atoms with Crippen molar-refractivity contribution in [2.24, 2.45) is 0 Å². The number of morpholine rings is 2. The molecule has 2 amide bonds. The van der Waals surface area contributed by atoms with E-state index in [0.717, 1.165) is 5.56 Å². The Morgan fingerprint density at radius 2 is 1.37 bits per heavy atom. The van der Waals surface area contributed by atoms with Crippen LogP contribution in [0, 0.1) is 13.8 Å². The molecule has 3 heterocycles. The Bertz CT molecular complexity index is 1580. The molecule has 2 aliphatic rings. The molecule has 2 aliphatic heterocycles. The molecule has 5 rings (SSSR count). The Hall–Kier alpha value is -3.85. The van der Waals surface area contributed by atoms with Crippen LogP contribution in [0.25, 0.3) is 0 Å². The molecule has 0 atom stereocenters. The van der Waals surface area contributed by atoms with Gasteiger partial charge in [0, 0.05) is 50.6 Å². The van der Waals surface area contributed by atoms with E-state index < -0.39 is 11.7 Å². The molecular formula is C30H34Cl2F3N7O4. The minimum atomic E-state index is -4.58. The van der Waals surface area contributed by atoms with Crippen LogP contribution in [0.2, 0.25) is 10.0 Å². The van der Waals surface area contributed by atoms with E-state index >= 15 is 0 Å². The Labute approximate surface area is 274 Å². The van der Waals surface area contributed by atoms with E-state index in [1.165, 1.54) is 13.1 Å². The maximum atomic E-state index is 13.0. The Morgan fingerprint density at radius 3 is 1.87 bits per heavy atom. The van der Waals surface area contributed by atoms with Crippen molar-refractivity contribution in [3.05, 3.63) is 68.3 Å². The smallest absolute Gasteiger partial charge is 0.398 e. The number of anilines is 4. The molecule has 4 N–H and O–H groups in total. The second-order valence-corrected chi connectivity index (χ2v) is 11.3. The maximum Gasteiger partial charge on any atom is 0.421 e. The highest BCUT2D eigenvalue weighted by molar-refractivity contribution is 6.34. The number of nitrogens with one attached hydrogen (secondary N) is 2. The predicted octanol–water partition coefficient (Wildman–Crippen LogP) is 5.42. The van der Waals surface area contributed by atoms with Crippen molar-refractivity contribution in [3.8, 4) is 0 Å². The van der Waals surface area contributed by atoms with Gasteiger partial charge in [0.2, 0.25) is 5.95 Å². The Morgan fingerprint density at radius 1 is 0.870 bits per heavy atom. The summed E-state index contributed by atoms with van der Waals surface area (Å²) in [5.74, 6) is -0.576. The summed E-state index contributed by atoms with van der Waals surface area (Å²) in [6.07, 6.45) is -3.88. The molecule has 1 aromatic heterocycles. The number of nitrogens with zero attached hydrogens (tertiary/aromatic N) is 4. The van der Waals surface area contributed by atoms with Crippen LogP contribution in [0.3, 0.4) is 0 Å². The summed E-state index contributed by atoms with van der Waals surface area (Å²) >= 11 is 12.3. The van der Waals surface area contributed by atoms with E-state index in [0.29, 0.717) is 91.9 Å². The molecule has 0 bridgehead atoms. The van der Waals surface area contributed by atoms with Gasteiger partial charge in [-0.25, -0.2) is 4.98 Å². The molecule has 46 heavy (non-hydrogen) atoms. The zero-order valence-electron chi connectivity index (χ0n) is 25.4. The molecule has 2 aromatic carbocycles. The number of carbonyl (C=O) groups excluding carboxylic acids is 2. The summed E-state index contributed by atoms with van der Waals surface area (Å²) < 4.78 is 49.4. The lowest BCUT2D eigenvalue weighted by Crippen LogP contribution is -2.40. The molecule has 3 aromatic rings. The van der Waals surface area contributed by atoms with Crippen LogP contribution in [0.15, 0.2) is 30.5 Å². The summed E-state index contributed by atoms with van der Waals surface area (Å²) in [5.41, 5.74) is 8.18. The highest BCUT2D eigenvalue weighted by Gasteiger charge is 2.35. The molecule has 248 valence electrons. The lowest BCUT2D eigenvalue weighted by molar-refractivity contribution is -0.137. The van der Waals surface area contributed by atoms with Crippen molar-refractivity contribution in [3.63, 3.8) is 0 Å². The number of nitrogens with two attached hydrogens (primary N) is 1. The second-order valence-electron chi connectivity index (χ2n) is 10.5. The van der Waals surface area contributed by atoms with Crippen LogP contribution in [0.4, 0.5) is 36.3 Å². The fourth-order valence-corrected chi connectivity index (χ4v) is 5.15. The molecule has 2 saturated heterocycles. The van der Waals surface area contributed by atoms with Crippen molar-refractivity contribution in [2.75, 3.05) is 76.0 Å². The van der Waals surface area contributed by atoms with E-state index in [4.69, 9.17) is 38.4 Å². The number of amides is 2. The molecule has 11 nitrogen and oxygen atoms in total. The third-order valence-corrected chi connectivity index (χ3v) is 7.93. The lowest BCUT2D eigenvalue weighted by Gasteiger charge is -2.27. The van der Waals surface area contributed by atoms with Gasteiger partial charge >= 0.3 is 6.18 Å². The van der Waals surface area contributed by atoms with Gasteiger partial charge in [0.1, 0.15) is 11.4 Å². The summed E-state index contributed by atoms with van der Waals surface area (Å²) in [6, 6.07) is 6.54. The first-order valence-corrected chi connectivity index (χ1v) is 15.0. The van der Waals surface area contributed by atoms with E-state index in [-0.39, 0.29) is 28.6 Å². The number of hydrogen-bond acceptors (Lipinski definition) is 9. The zero-order chi connectivity index (χ0) is 33.6. The number of ether oxygens (including phenoxy) is 2. The van der Waals surface area contributed by atoms with Crippen LogP contribution in [0.5, 0.6) is 0 Å². The summed E-state index contributed by atoms with van der Waals surface area (Å²) in [7, 11) is 1.34. The quantitative estimate of drug-likeness (QED) is 0.302. The second kappa shape index (κ2) is 15.2. The largest absolute Gasteiger partial charge is 0.421 e. The van der Waals surface area contributed by atoms with E-state index in [2.05, 4.69) is 20.6 Å². The molecule has 0 radical (unpaired) electrons. The van der Waals surface area contributed by atoms with Gasteiger partial charge < -0.3 is 35.6 Å². The van der Waals surface area contributed by atoms with Crippen LogP contribution < -0.4 is 16.4 Å². The van der Waals surface area contributed by atoms with Crippen molar-refractivity contribution in [2.45, 2.75) is 20.0 Å². The SMILES string of the molecule is CNc1nc(Nc2cc(C)c(C(=O)N3CCOCC3)cc2Cl)ncc1C(F)(F)F.Cc1cc(N)c(Cl)cc1C(=O)N1CCOCC1. The van der Waals surface area contributed by atoms with Gasteiger partial charge in [-0.1, -0.05) is 23.2 Å². The van der Waals surface area contributed by atoms with E-state index in [1.54, 1.807) is 34.9 Å². The number of aryl methyl sites for hydroxylation is 2. The maximum absolute atomic E-state index is 13.0. The van der Waals surface area contributed by atoms with Gasteiger partial charge in [-0.2, -0.15) is 18.2 Å². The first-order valence-electron chi connectivity index (χ1n) is 14.3. The van der Waals surface area contributed by atoms with E-state index in [1.807, 2.05) is 6.92 Å². The van der Waals surface area contributed by atoms with Crippen LogP contribution in [-0.2, 0) is 15.7 Å². The number of benzene rings is 2. The van der Waals surface area contributed by atoms with Crippen molar-refractivity contribution >= 4 is 58.2 Å². The first-order chi connectivity index (χ1) is 21.8. The topological polar surface area (TPSA) is 135 Å². The average molecular weight is 685 g/mol. The number of alkyl halides is 3. The van der Waals surface area contributed by atoms with Crippen LogP contribution in [-0.4, -0.2) is 91.2 Å². The molecular weight excluding hydrogens is 650 g/mol. The number of rotatable bonds is 5. The van der Waals surface area contributed by atoms with Gasteiger partial charge in [0.25, 0.3) is 11.8 Å². The number of halogens is 5. The lowest BCUT2D eigenvalue weighted by atomic mass is 10.1. The Balaban J connectivity index is 0.000000240. The molecule has 0 saturated carbocycles. The van der Waals surface area contributed by atoms with Crippen LogP contribution >= 0.6 is 23.2 Å². The third kappa shape index (κ3) is 8.49. The van der Waals surface area contributed by atoms with Crippen LogP contribution in [0.1, 0.15) is 37.4 Å². The van der Waals surface area contributed by atoms with Crippen molar-refractivity contribution < 1.29 is 32.2 Å². The average Bonchev–Trinajstić information content (AvgIpc) is 3.04. The normalized spacial score (nSPS) is 15.1. The highest BCUT2D eigenvalue weighted by Crippen LogP contribution is 2.35. The van der Waals surface area contributed by atoms with Crippen molar-refractivity contribution in [1.29, 1.82) is 0 Å². The van der Waals surface area contributed by atoms with Gasteiger partial charge in [-0.15, -0.1) is 0 Å². The standard InChI is InChI=1S/C18H19ClF3N5O2.C12H15ClN2O2/c1-10-7-14(13(19)8-11(10)16(28)27-3-5-29-6-4-27)25-17-24-9-12(18(20,21)22)15(23-2)26-17;1-8-6-11(14)10(13)7-9(8)12(16)15-2-4-17-5-3-15/h7-9H,3-6H2,1-2H3,(H2,23,24,25,26);6-7H,2-5,14H2,1H3. The number of carbonyl (C=O) groups is 2. The minimum Gasteiger partial charge on any atom is -0.398 e. The van der Waals surface area contributed by atoms with Crippen molar-refractivity contribution in [1.82, 2.24) is 19.8 Å². The summed E-state index contributed by atoms with van der Waals surface area (Å²) in [5, 5.41) is 5.86. The highest BCUT2D eigenvalue weighted by atomic mass is 35.5. The first kappa shape index (κ1) is 35.0. The number of aromatic nitrogens is 2. The summed E-state index contributed by atoms with van der Waals surface area (Å²) in [4.78, 5) is 36.0. The molecule has 16 heteroatoms. The Kier molecular flexibility index (Phi) is 11.5. The molecule has 0 spiro atoms. The van der Waals surface area contributed by atoms with Gasteiger partial charge in [-0.05, 0) is 49.2 Å². The number of hydrogen-bond donors (Lipinski definition) is 3. The van der Waals surface area contributed by atoms with Gasteiger partial charge in [-0.3, -0.25) is 9.59 Å². The molecule has 0 unspecified atom stereocenters. The molecule has 2 fully saturated rings. The number of nitrogen functional groups attached to an aromatic ring is 1. The van der Waals surface area contributed by atoms with Gasteiger partial charge in [0.15, 0.2) is 0 Å². The fourth-order valence-electron chi connectivity index (χ4n) is 4.78. The van der Waals surface area contributed by atoms with Gasteiger partial charge in [0.05, 0.1) is 47.8 Å². The third-order valence-electron chi connectivity index (χ3n) is 7.29. The minimum absolute atomic E-state index is 0.00676. The fraction of sp³-hybridized carbons (Fsp3) is 0.400. The predicted molar refractivity (Wildman–Crippen MR) is 170 cm³/mol.